The number of hydrogen-bond acceptors (Lipinski definition) is 1. The normalized spacial score (nSPS) is 13.4. The molecule has 0 amide bonds. The van der Waals surface area contributed by atoms with Crippen molar-refractivity contribution in [1.82, 2.24) is 4.72 Å². The highest BCUT2D eigenvalue weighted by Gasteiger charge is 1.90. The molecule has 0 aliphatic carbocycles. The number of hydrogen-bond donors (Lipinski definition) is 2. The van der Waals surface area contributed by atoms with Crippen LogP contribution in [0.2, 0.25) is 0 Å². The highest BCUT2D eigenvalue weighted by Crippen LogP contribution is 1.93. The van der Waals surface area contributed by atoms with Gasteiger partial charge >= 0.3 is 0 Å². The smallest absolute Gasteiger partial charge is 0.231 e. The van der Waals surface area contributed by atoms with Gasteiger partial charge in [0, 0.05) is 6.54 Å². The molecule has 0 heterocycles. The Morgan fingerprint density at radius 2 is 2.10 bits per heavy atom. The minimum Gasteiger partial charge on any atom is -0.294 e. The van der Waals surface area contributed by atoms with Gasteiger partial charge in [-0.15, -0.1) is 0 Å². The van der Waals surface area contributed by atoms with Gasteiger partial charge in [-0.1, -0.05) is 0 Å². The summed E-state index contributed by atoms with van der Waals surface area (Å²) in [6.07, 6.45) is 2.05. The number of nitrogens with one attached hydrogen (secondary N) is 1. The van der Waals surface area contributed by atoms with Gasteiger partial charge in [0.15, 0.2) is 0 Å². The summed E-state index contributed by atoms with van der Waals surface area (Å²) in [5.41, 5.74) is 0. The average molecular weight is 169 g/mol. The number of alkyl halides is 1. The second-order valence-electron chi connectivity index (χ2n) is 1.89. The van der Waals surface area contributed by atoms with Gasteiger partial charge in [0.05, 0.1) is 6.67 Å². The minimum atomic E-state index is -1.91. The summed E-state index contributed by atoms with van der Waals surface area (Å²) in [5.74, 6) is 0. The van der Waals surface area contributed by atoms with E-state index >= 15 is 0 Å². The molecule has 0 aliphatic heterocycles. The Hall–Kier alpha value is -0.0000000000000000555. The SMILES string of the molecule is O=S(O)NCCCCCF. The molecule has 1 unspecified atom stereocenters. The van der Waals surface area contributed by atoms with Crippen LogP contribution >= 0.6 is 0 Å². The third-order valence-corrected chi connectivity index (χ3v) is 1.49. The van der Waals surface area contributed by atoms with Crippen molar-refractivity contribution in [3.05, 3.63) is 0 Å². The van der Waals surface area contributed by atoms with E-state index in [2.05, 4.69) is 4.72 Å². The summed E-state index contributed by atoms with van der Waals surface area (Å²) in [6.45, 7) is 0.172. The summed E-state index contributed by atoms with van der Waals surface area (Å²) in [6, 6.07) is 0. The molecular formula is C5H12FNO2S. The van der Waals surface area contributed by atoms with Crippen LogP contribution in [0.4, 0.5) is 4.39 Å². The molecule has 0 aromatic carbocycles. The van der Waals surface area contributed by atoms with Crippen molar-refractivity contribution in [2.75, 3.05) is 13.2 Å². The van der Waals surface area contributed by atoms with E-state index in [-0.39, 0.29) is 6.67 Å². The van der Waals surface area contributed by atoms with E-state index < -0.39 is 11.3 Å². The molecule has 0 aromatic rings. The van der Waals surface area contributed by atoms with Crippen LogP contribution in [0.1, 0.15) is 19.3 Å². The molecule has 0 bridgehead atoms. The van der Waals surface area contributed by atoms with Crippen LogP contribution in [0.5, 0.6) is 0 Å². The highest BCUT2D eigenvalue weighted by atomic mass is 32.2. The van der Waals surface area contributed by atoms with Crippen LogP contribution in [0.15, 0.2) is 0 Å². The predicted molar refractivity (Wildman–Crippen MR) is 38.6 cm³/mol. The first-order valence-electron chi connectivity index (χ1n) is 3.17. The Bertz CT molecular complexity index is 102. The van der Waals surface area contributed by atoms with Gasteiger partial charge < -0.3 is 0 Å². The Balaban J connectivity index is 2.84. The van der Waals surface area contributed by atoms with Crippen LogP contribution in [0, 0.1) is 0 Å². The van der Waals surface area contributed by atoms with Crippen molar-refractivity contribution in [3.63, 3.8) is 0 Å². The maximum absolute atomic E-state index is 11.4. The van der Waals surface area contributed by atoms with Gasteiger partial charge in [0.25, 0.3) is 0 Å². The third kappa shape index (κ3) is 8.00. The zero-order valence-corrected chi connectivity index (χ0v) is 6.49. The molecule has 0 aromatic heterocycles. The molecule has 1 atom stereocenters. The topological polar surface area (TPSA) is 49.3 Å². The van der Waals surface area contributed by atoms with Gasteiger partial charge in [0.1, 0.15) is 0 Å². The van der Waals surface area contributed by atoms with E-state index in [1.807, 2.05) is 0 Å². The molecule has 0 spiro atoms. The van der Waals surface area contributed by atoms with Gasteiger partial charge in [-0.25, -0.2) is 8.93 Å². The van der Waals surface area contributed by atoms with Crippen LogP contribution in [0.25, 0.3) is 0 Å². The largest absolute Gasteiger partial charge is 0.294 e. The molecular weight excluding hydrogens is 157 g/mol. The van der Waals surface area contributed by atoms with Crippen LogP contribution in [0.3, 0.4) is 0 Å². The fraction of sp³-hybridized carbons (Fsp3) is 1.00. The minimum absolute atomic E-state index is 0.303. The van der Waals surface area contributed by atoms with E-state index in [9.17, 15) is 8.60 Å². The summed E-state index contributed by atoms with van der Waals surface area (Å²) >= 11 is -1.91. The summed E-state index contributed by atoms with van der Waals surface area (Å²) < 4.78 is 31.9. The third-order valence-electron chi connectivity index (χ3n) is 1.04. The predicted octanol–water partition coefficient (Wildman–Crippen LogP) is 0.852. The van der Waals surface area contributed by atoms with Crippen LogP contribution < -0.4 is 4.72 Å². The molecule has 0 fully saturated rings. The van der Waals surface area contributed by atoms with Crippen molar-refractivity contribution in [1.29, 1.82) is 0 Å². The first-order chi connectivity index (χ1) is 4.77. The second kappa shape index (κ2) is 7.11. The summed E-state index contributed by atoms with van der Waals surface area (Å²) in [4.78, 5) is 0. The Morgan fingerprint density at radius 1 is 1.40 bits per heavy atom. The van der Waals surface area contributed by atoms with E-state index in [1.165, 1.54) is 0 Å². The van der Waals surface area contributed by atoms with E-state index in [1.54, 1.807) is 0 Å². The number of unbranched alkanes of at least 4 members (excludes halogenated alkanes) is 2. The lowest BCUT2D eigenvalue weighted by atomic mass is 10.2. The molecule has 2 N–H and O–H groups in total. The number of halogens is 1. The van der Waals surface area contributed by atoms with E-state index in [4.69, 9.17) is 4.55 Å². The summed E-state index contributed by atoms with van der Waals surface area (Å²) in [5, 5.41) is 0. The molecule has 62 valence electrons. The monoisotopic (exact) mass is 169 g/mol. The Morgan fingerprint density at radius 3 is 2.60 bits per heavy atom. The van der Waals surface area contributed by atoms with E-state index in [0.717, 1.165) is 12.8 Å². The molecule has 0 saturated heterocycles. The molecule has 3 nitrogen and oxygen atoms in total. The van der Waals surface area contributed by atoms with Crippen LogP contribution in [-0.4, -0.2) is 22.0 Å². The van der Waals surface area contributed by atoms with Gasteiger partial charge in [-0.05, 0) is 19.3 Å². The lowest BCUT2D eigenvalue weighted by Crippen LogP contribution is -2.17. The van der Waals surface area contributed by atoms with Crippen LogP contribution in [-0.2, 0) is 11.3 Å². The maximum atomic E-state index is 11.4. The first kappa shape index (κ1) is 10.0. The average Bonchev–Trinajstić information content (AvgIpc) is 1.87. The van der Waals surface area contributed by atoms with Crippen molar-refractivity contribution in [2.45, 2.75) is 19.3 Å². The fourth-order valence-electron chi connectivity index (χ4n) is 0.556. The lowest BCUT2D eigenvalue weighted by molar-refractivity contribution is 0.455. The van der Waals surface area contributed by atoms with E-state index in [0.29, 0.717) is 13.0 Å². The zero-order chi connectivity index (χ0) is 7.82. The molecule has 0 aliphatic rings. The van der Waals surface area contributed by atoms with Crippen molar-refractivity contribution >= 4 is 11.3 Å². The quantitative estimate of drug-likeness (QED) is 0.457. The molecule has 0 rings (SSSR count). The lowest BCUT2D eigenvalue weighted by Gasteiger charge is -1.96. The van der Waals surface area contributed by atoms with Gasteiger partial charge in [0.2, 0.25) is 11.3 Å². The zero-order valence-electron chi connectivity index (χ0n) is 5.68. The second-order valence-corrected chi connectivity index (χ2v) is 2.68. The van der Waals surface area contributed by atoms with Crippen molar-refractivity contribution in [2.24, 2.45) is 0 Å². The fourth-order valence-corrected chi connectivity index (χ4v) is 0.875. The molecule has 0 saturated carbocycles. The van der Waals surface area contributed by atoms with Gasteiger partial charge in [-0.3, -0.25) is 8.94 Å². The molecule has 0 radical (unpaired) electrons. The molecule has 5 heteroatoms. The summed E-state index contributed by atoms with van der Waals surface area (Å²) in [7, 11) is 0. The van der Waals surface area contributed by atoms with Crippen molar-refractivity contribution in [3.8, 4) is 0 Å². The maximum Gasteiger partial charge on any atom is 0.231 e. The van der Waals surface area contributed by atoms with Crippen molar-refractivity contribution < 1.29 is 13.2 Å². The Labute approximate surface area is 62.4 Å². The standard InChI is InChI=1S/C5H12FNO2S/c6-4-2-1-3-5-7-10(8)9/h7H,1-5H2,(H,8,9). The first-order valence-corrected chi connectivity index (χ1v) is 4.28. The molecule has 10 heavy (non-hydrogen) atoms. The Kier molecular flexibility index (Phi) is 7.11. The number of rotatable bonds is 6. The highest BCUT2D eigenvalue weighted by molar-refractivity contribution is 7.77. The van der Waals surface area contributed by atoms with Gasteiger partial charge in [-0.2, -0.15) is 0 Å².